The van der Waals surface area contributed by atoms with Crippen molar-refractivity contribution in [2.45, 2.75) is 64.9 Å². The number of imide groups is 1. The molecule has 7 heteroatoms. The van der Waals surface area contributed by atoms with E-state index in [1.807, 2.05) is 54.6 Å². The molecule has 1 saturated heterocycles. The maximum Gasteiger partial charge on any atom is 0.238 e. The molecule has 3 aromatic rings. The van der Waals surface area contributed by atoms with Crippen molar-refractivity contribution in [1.82, 2.24) is 0 Å². The number of phenolic OH excluding ortho intramolecular Hbond substituents is 1. The van der Waals surface area contributed by atoms with Gasteiger partial charge >= 0.3 is 0 Å². The number of aromatic hydroxyl groups is 1. The number of allylic oxidation sites excluding steroid dienone is 2. The van der Waals surface area contributed by atoms with Gasteiger partial charge in [0.25, 0.3) is 0 Å². The smallest absolute Gasteiger partial charge is 0.238 e. The highest BCUT2D eigenvalue weighted by Gasteiger charge is 2.55. The summed E-state index contributed by atoms with van der Waals surface area (Å²) in [6.45, 7) is 3.86. The minimum Gasteiger partial charge on any atom is -0.508 e. The van der Waals surface area contributed by atoms with Crippen LogP contribution in [0.4, 0.5) is 17.1 Å². The molecule has 0 bridgehead atoms. The Kier molecular flexibility index (Phi) is 10.5. The zero-order valence-corrected chi connectivity index (χ0v) is 26.2. The number of carbonyl (C=O) groups is 2. The van der Waals surface area contributed by atoms with Gasteiger partial charge in [0.15, 0.2) is 0 Å². The van der Waals surface area contributed by atoms with E-state index >= 15 is 0 Å². The van der Waals surface area contributed by atoms with Crippen molar-refractivity contribution in [2.24, 2.45) is 17.8 Å². The normalized spacial score (nSPS) is 20.8. The number of nitrogens with zero attached hydrogens (tertiary/aromatic N) is 1. The highest BCUT2D eigenvalue weighted by Crippen LogP contribution is 2.48. The van der Waals surface area contributed by atoms with Crippen molar-refractivity contribution in [3.05, 3.63) is 101 Å². The first-order valence-electron chi connectivity index (χ1n) is 16.1. The van der Waals surface area contributed by atoms with Crippen LogP contribution in [0, 0.1) is 17.8 Å². The van der Waals surface area contributed by atoms with Crippen LogP contribution < -0.4 is 10.2 Å². The van der Waals surface area contributed by atoms with Crippen molar-refractivity contribution in [3.8, 4) is 5.75 Å². The van der Waals surface area contributed by atoms with Gasteiger partial charge in [-0.05, 0) is 91.8 Å². The number of carbonyl (C=O) groups excluding carboxylic acids is 2. The fourth-order valence-corrected chi connectivity index (χ4v) is 7.05. The molecule has 3 aromatic carbocycles. The second kappa shape index (κ2) is 14.7. The molecule has 45 heavy (non-hydrogen) atoms. The second-order valence-electron chi connectivity index (χ2n) is 12.2. The SMILES string of the molecule is CCCC1=C([C@H](O)CC/C(=C/c2cccc(O)c2)CCC)[C@H](CO)[C@@H]2C(=O)N(c3ccc(Nc4ccccc4)cc3)C(=O)[C@@H]2C1. The molecule has 1 aliphatic heterocycles. The van der Waals surface area contributed by atoms with Crippen LogP contribution >= 0.6 is 0 Å². The molecule has 7 nitrogen and oxygen atoms in total. The number of fused-ring (bicyclic) bond motifs is 1. The van der Waals surface area contributed by atoms with E-state index in [9.17, 15) is 24.9 Å². The predicted molar refractivity (Wildman–Crippen MR) is 179 cm³/mol. The Balaban J connectivity index is 1.36. The van der Waals surface area contributed by atoms with E-state index < -0.39 is 23.9 Å². The molecule has 0 radical (unpaired) electrons. The van der Waals surface area contributed by atoms with Crippen LogP contribution in [0.25, 0.3) is 6.08 Å². The summed E-state index contributed by atoms with van der Waals surface area (Å²) in [6, 6.07) is 24.1. The molecule has 0 saturated carbocycles. The molecule has 2 amide bonds. The number of aliphatic hydroxyl groups is 2. The first kappa shape index (κ1) is 32.2. The van der Waals surface area contributed by atoms with Gasteiger partial charge in [-0.2, -0.15) is 0 Å². The number of nitrogens with one attached hydrogen (secondary N) is 1. The predicted octanol–water partition coefficient (Wildman–Crippen LogP) is 7.38. The summed E-state index contributed by atoms with van der Waals surface area (Å²) < 4.78 is 0. The van der Waals surface area contributed by atoms with Crippen molar-refractivity contribution in [3.63, 3.8) is 0 Å². The average Bonchev–Trinajstić information content (AvgIpc) is 3.29. The Bertz CT molecular complexity index is 1550. The summed E-state index contributed by atoms with van der Waals surface area (Å²) in [5.74, 6) is -2.24. The van der Waals surface area contributed by atoms with Gasteiger partial charge < -0.3 is 20.6 Å². The first-order chi connectivity index (χ1) is 21.8. The van der Waals surface area contributed by atoms with Crippen molar-refractivity contribution in [1.29, 1.82) is 0 Å². The standard InChI is InChI=1S/C38H44N2O5/c1-3-9-25(21-26-11-8-14-31(42)22-26)15-20-34(43)35-27(10-4-2)23-32-36(33(35)24-41)38(45)40(37(32)44)30-18-16-29(17-19-30)39-28-12-6-5-7-13-28/h5-8,11-14,16-19,21-22,32-34,36,39,41-43H,3-4,9-10,15,20,23-24H2,1-2H3/b25-21+/t32-,33+,34-,36-/m1/s1. The molecule has 1 fully saturated rings. The molecular formula is C38H44N2O5. The van der Waals surface area contributed by atoms with E-state index in [0.717, 1.165) is 52.9 Å². The Morgan fingerprint density at radius 3 is 2.33 bits per heavy atom. The number of para-hydroxylation sites is 1. The number of benzene rings is 3. The number of aliphatic hydroxyl groups excluding tert-OH is 2. The molecule has 1 heterocycles. The summed E-state index contributed by atoms with van der Waals surface area (Å²) >= 11 is 0. The number of phenols is 1. The zero-order valence-electron chi connectivity index (χ0n) is 26.2. The molecule has 0 spiro atoms. The van der Waals surface area contributed by atoms with Gasteiger partial charge in [0.05, 0.1) is 30.2 Å². The van der Waals surface area contributed by atoms with Gasteiger partial charge in [0.2, 0.25) is 11.8 Å². The Morgan fingerprint density at radius 2 is 1.67 bits per heavy atom. The van der Waals surface area contributed by atoms with E-state index in [-0.39, 0.29) is 24.2 Å². The van der Waals surface area contributed by atoms with Gasteiger partial charge in [0.1, 0.15) is 5.75 Å². The maximum absolute atomic E-state index is 14.0. The fourth-order valence-electron chi connectivity index (χ4n) is 7.05. The lowest BCUT2D eigenvalue weighted by Gasteiger charge is -2.36. The molecule has 4 N–H and O–H groups in total. The number of anilines is 3. The number of hydrogen-bond acceptors (Lipinski definition) is 6. The number of amides is 2. The van der Waals surface area contributed by atoms with Gasteiger partial charge in [0, 0.05) is 17.3 Å². The minimum absolute atomic E-state index is 0.209. The summed E-state index contributed by atoms with van der Waals surface area (Å²) in [5.41, 5.74) is 6.09. The van der Waals surface area contributed by atoms with Crippen molar-refractivity contribution >= 4 is 35.0 Å². The van der Waals surface area contributed by atoms with Gasteiger partial charge in [-0.1, -0.05) is 74.2 Å². The molecular weight excluding hydrogens is 564 g/mol. The van der Waals surface area contributed by atoms with Crippen LogP contribution in [0.2, 0.25) is 0 Å². The summed E-state index contributed by atoms with van der Waals surface area (Å²) in [4.78, 5) is 29.0. The van der Waals surface area contributed by atoms with Crippen LogP contribution in [0.5, 0.6) is 5.75 Å². The topological polar surface area (TPSA) is 110 Å². The lowest BCUT2D eigenvalue weighted by Crippen LogP contribution is -2.39. The molecule has 2 aliphatic rings. The van der Waals surface area contributed by atoms with Crippen LogP contribution in [0.1, 0.15) is 64.4 Å². The zero-order chi connectivity index (χ0) is 31.9. The van der Waals surface area contributed by atoms with E-state index in [1.165, 1.54) is 4.90 Å². The third kappa shape index (κ3) is 7.21. The highest BCUT2D eigenvalue weighted by atomic mass is 16.3. The Morgan fingerprint density at radius 1 is 0.933 bits per heavy atom. The van der Waals surface area contributed by atoms with Crippen LogP contribution in [-0.4, -0.2) is 39.8 Å². The van der Waals surface area contributed by atoms with E-state index in [4.69, 9.17) is 0 Å². The monoisotopic (exact) mass is 608 g/mol. The van der Waals surface area contributed by atoms with E-state index in [2.05, 4.69) is 25.2 Å². The number of rotatable bonds is 13. The Labute approximate surface area is 265 Å². The van der Waals surface area contributed by atoms with Crippen molar-refractivity contribution < 1.29 is 24.9 Å². The third-order valence-corrected chi connectivity index (χ3v) is 9.03. The fraction of sp³-hybridized carbons (Fsp3) is 0.368. The van der Waals surface area contributed by atoms with Crippen molar-refractivity contribution in [2.75, 3.05) is 16.8 Å². The number of hydrogen-bond donors (Lipinski definition) is 4. The minimum atomic E-state index is -0.839. The molecule has 5 rings (SSSR count). The lowest BCUT2D eigenvalue weighted by molar-refractivity contribution is -0.123. The Hall–Kier alpha value is -4.20. The lowest BCUT2D eigenvalue weighted by atomic mass is 9.67. The first-order valence-corrected chi connectivity index (χ1v) is 16.1. The summed E-state index contributed by atoms with van der Waals surface area (Å²) in [6.07, 6.45) is 6.07. The molecule has 1 aliphatic carbocycles. The van der Waals surface area contributed by atoms with Crippen LogP contribution in [-0.2, 0) is 9.59 Å². The van der Waals surface area contributed by atoms with Gasteiger partial charge in [-0.15, -0.1) is 0 Å². The van der Waals surface area contributed by atoms with E-state index in [0.29, 0.717) is 31.4 Å². The second-order valence-corrected chi connectivity index (χ2v) is 12.2. The van der Waals surface area contributed by atoms with Crippen LogP contribution in [0.3, 0.4) is 0 Å². The van der Waals surface area contributed by atoms with Gasteiger partial charge in [-0.3, -0.25) is 14.5 Å². The van der Waals surface area contributed by atoms with Crippen LogP contribution in [0.15, 0.2) is 95.6 Å². The maximum atomic E-state index is 14.0. The molecule has 236 valence electrons. The van der Waals surface area contributed by atoms with Gasteiger partial charge in [-0.25, -0.2) is 0 Å². The third-order valence-electron chi connectivity index (χ3n) is 9.03. The quantitative estimate of drug-likeness (QED) is 0.119. The summed E-state index contributed by atoms with van der Waals surface area (Å²) in [5, 5.41) is 35.6. The average molecular weight is 609 g/mol. The summed E-state index contributed by atoms with van der Waals surface area (Å²) in [7, 11) is 0. The largest absolute Gasteiger partial charge is 0.508 e. The highest BCUT2D eigenvalue weighted by molar-refractivity contribution is 6.22. The van der Waals surface area contributed by atoms with E-state index in [1.54, 1.807) is 24.3 Å². The molecule has 0 aromatic heterocycles. The molecule has 4 atom stereocenters. The molecule has 0 unspecified atom stereocenters.